The molecule has 4 atom stereocenters. The fourth-order valence-electron chi connectivity index (χ4n) is 3.89. The molecule has 3 heteroatoms. The van der Waals surface area contributed by atoms with Crippen molar-refractivity contribution in [2.75, 3.05) is 0 Å². The molecule has 0 saturated heterocycles. The van der Waals surface area contributed by atoms with E-state index in [9.17, 15) is 14.7 Å². The summed E-state index contributed by atoms with van der Waals surface area (Å²) < 4.78 is 0. The molecule has 1 N–H and O–H groups in total. The smallest absolute Gasteiger partial charge is 0.171 e. The fourth-order valence-corrected chi connectivity index (χ4v) is 3.89. The largest absolute Gasteiger partial charge is 0.507 e. The third-order valence-corrected chi connectivity index (χ3v) is 4.62. The number of allylic oxidation sites excluding steroid dienone is 2. The van der Waals surface area contributed by atoms with Crippen LogP contribution in [-0.2, 0) is 0 Å². The maximum Gasteiger partial charge on any atom is 0.171 e. The molecule has 0 amide bonds. The first-order chi connectivity index (χ1) is 8.68. The van der Waals surface area contributed by atoms with Crippen LogP contribution in [0.5, 0.6) is 5.75 Å². The van der Waals surface area contributed by atoms with Gasteiger partial charge in [0.25, 0.3) is 0 Å². The van der Waals surface area contributed by atoms with Crippen molar-refractivity contribution in [2.24, 2.45) is 23.7 Å². The van der Waals surface area contributed by atoms with Crippen LogP contribution in [-0.4, -0.2) is 16.7 Å². The monoisotopic (exact) mass is 240 g/mol. The van der Waals surface area contributed by atoms with Gasteiger partial charge in [0.05, 0.1) is 5.56 Å². The Morgan fingerprint density at radius 3 is 2.39 bits per heavy atom. The summed E-state index contributed by atoms with van der Waals surface area (Å²) >= 11 is 0. The molecule has 0 radical (unpaired) electrons. The molecule has 2 bridgehead atoms. The molecular weight excluding hydrogens is 228 g/mol. The number of carbonyl (C=O) groups is 2. The molecule has 3 nitrogen and oxygen atoms in total. The Labute approximate surface area is 104 Å². The molecule has 0 heterocycles. The zero-order valence-electron chi connectivity index (χ0n) is 9.67. The first-order valence-corrected chi connectivity index (χ1v) is 6.27. The highest BCUT2D eigenvalue weighted by molar-refractivity contribution is 6.18. The molecule has 18 heavy (non-hydrogen) atoms. The van der Waals surface area contributed by atoms with Crippen LogP contribution >= 0.6 is 0 Å². The van der Waals surface area contributed by atoms with Crippen molar-refractivity contribution in [2.45, 2.75) is 6.42 Å². The molecule has 0 aromatic heterocycles. The van der Waals surface area contributed by atoms with E-state index in [1.165, 1.54) is 6.07 Å². The number of fused-ring (bicyclic) bond motifs is 6. The normalized spacial score (nSPS) is 35.8. The average molecular weight is 240 g/mol. The van der Waals surface area contributed by atoms with Gasteiger partial charge in [0, 0.05) is 17.4 Å². The quantitative estimate of drug-likeness (QED) is 0.707. The van der Waals surface area contributed by atoms with Crippen molar-refractivity contribution >= 4 is 11.6 Å². The molecule has 1 saturated carbocycles. The van der Waals surface area contributed by atoms with Crippen molar-refractivity contribution in [1.82, 2.24) is 0 Å². The lowest BCUT2D eigenvalue weighted by molar-refractivity contribution is 0.0718. The Morgan fingerprint density at radius 2 is 1.67 bits per heavy atom. The van der Waals surface area contributed by atoms with Crippen LogP contribution in [0.15, 0.2) is 30.4 Å². The van der Waals surface area contributed by atoms with E-state index in [1.807, 2.05) is 0 Å². The summed E-state index contributed by atoms with van der Waals surface area (Å²) in [6, 6.07) is 4.76. The summed E-state index contributed by atoms with van der Waals surface area (Å²) in [5, 5.41) is 9.84. The standard InChI is InChI=1S/C15H12O3/c16-10-3-1-2-9-13(10)15(18)12-8-5-4-7(6-8)11(12)14(9)17/h1-5,7-8,11-12,16H,6H2. The number of hydrogen-bond donors (Lipinski definition) is 1. The summed E-state index contributed by atoms with van der Waals surface area (Å²) in [6.07, 6.45) is 5.04. The molecule has 4 unspecified atom stereocenters. The number of carbonyl (C=O) groups excluding carboxylic acids is 2. The van der Waals surface area contributed by atoms with Crippen molar-refractivity contribution in [3.8, 4) is 5.75 Å². The predicted octanol–water partition coefficient (Wildman–Crippen LogP) is 2.21. The molecule has 0 aliphatic heterocycles. The van der Waals surface area contributed by atoms with Gasteiger partial charge in [-0.3, -0.25) is 9.59 Å². The van der Waals surface area contributed by atoms with Crippen LogP contribution in [0.1, 0.15) is 27.1 Å². The minimum atomic E-state index is -0.242. The molecule has 3 aliphatic rings. The van der Waals surface area contributed by atoms with Crippen molar-refractivity contribution in [3.63, 3.8) is 0 Å². The average Bonchev–Trinajstić information content (AvgIpc) is 2.96. The fraction of sp³-hybridized carbons (Fsp3) is 0.333. The van der Waals surface area contributed by atoms with E-state index in [0.29, 0.717) is 5.56 Å². The first-order valence-electron chi connectivity index (χ1n) is 6.27. The SMILES string of the molecule is O=C1c2cccc(O)c2C(=O)C2C3C=CC(C3)C12. The second-order valence-corrected chi connectivity index (χ2v) is 5.43. The predicted molar refractivity (Wildman–Crippen MR) is 64.5 cm³/mol. The topological polar surface area (TPSA) is 54.4 Å². The van der Waals surface area contributed by atoms with E-state index < -0.39 is 0 Å². The third-order valence-electron chi connectivity index (χ3n) is 4.62. The maximum atomic E-state index is 12.5. The zero-order chi connectivity index (χ0) is 12.4. The van der Waals surface area contributed by atoms with E-state index in [-0.39, 0.29) is 46.6 Å². The van der Waals surface area contributed by atoms with Crippen LogP contribution < -0.4 is 0 Å². The number of Topliss-reactive ketones (excluding diaryl/α,β-unsaturated/α-hetero) is 2. The number of phenolic OH excluding ortho intramolecular Hbond substituents is 1. The maximum absolute atomic E-state index is 12.5. The van der Waals surface area contributed by atoms with Crippen LogP contribution in [0.25, 0.3) is 0 Å². The number of rotatable bonds is 0. The summed E-state index contributed by atoms with van der Waals surface area (Å²) in [5.74, 6) is -0.116. The van der Waals surface area contributed by atoms with Crippen molar-refractivity contribution in [1.29, 1.82) is 0 Å². The van der Waals surface area contributed by atoms with Crippen LogP contribution in [0, 0.1) is 23.7 Å². The minimum absolute atomic E-state index is 0.0300. The molecule has 4 rings (SSSR count). The van der Waals surface area contributed by atoms with Crippen molar-refractivity contribution < 1.29 is 14.7 Å². The van der Waals surface area contributed by atoms with E-state index in [1.54, 1.807) is 12.1 Å². The highest BCUT2D eigenvalue weighted by Crippen LogP contribution is 2.53. The zero-order valence-corrected chi connectivity index (χ0v) is 9.67. The van der Waals surface area contributed by atoms with E-state index in [2.05, 4.69) is 12.2 Å². The molecule has 1 aromatic rings. The molecule has 1 fully saturated rings. The van der Waals surface area contributed by atoms with E-state index in [4.69, 9.17) is 0 Å². The van der Waals surface area contributed by atoms with Gasteiger partial charge in [-0.05, 0) is 24.3 Å². The van der Waals surface area contributed by atoms with Gasteiger partial charge < -0.3 is 5.11 Å². The highest BCUT2D eigenvalue weighted by atomic mass is 16.3. The van der Waals surface area contributed by atoms with Gasteiger partial charge in [0.15, 0.2) is 11.6 Å². The van der Waals surface area contributed by atoms with Crippen LogP contribution in [0.2, 0.25) is 0 Å². The van der Waals surface area contributed by atoms with E-state index >= 15 is 0 Å². The second kappa shape index (κ2) is 3.10. The Morgan fingerprint density at radius 1 is 1.00 bits per heavy atom. The lowest BCUT2D eigenvalue weighted by Crippen LogP contribution is -2.38. The Hall–Kier alpha value is -1.90. The van der Waals surface area contributed by atoms with Crippen molar-refractivity contribution in [3.05, 3.63) is 41.5 Å². The number of hydrogen-bond acceptors (Lipinski definition) is 3. The number of benzene rings is 1. The van der Waals surface area contributed by atoms with Gasteiger partial charge >= 0.3 is 0 Å². The van der Waals surface area contributed by atoms with Gasteiger partial charge in [0.2, 0.25) is 0 Å². The minimum Gasteiger partial charge on any atom is -0.507 e. The summed E-state index contributed by atoms with van der Waals surface area (Å²) in [6.45, 7) is 0. The van der Waals surface area contributed by atoms with Gasteiger partial charge in [-0.25, -0.2) is 0 Å². The number of phenols is 1. The Balaban J connectivity index is 1.96. The summed E-state index contributed by atoms with van der Waals surface area (Å²) in [4.78, 5) is 25.0. The van der Waals surface area contributed by atoms with E-state index in [0.717, 1.165) is 6.42 Å². The Bertz CT molecular complexity index is 614. The van der Waals surface area contributed by atoms with Crippen LogP contribution in [0.3, 0.4) is 0 Å². The molecular formula is C15H12O3. The summed E-state index contributed by atoms with van der Waals surface area (Å²) in [7, 11) is 0. The van der Waals surface area contributed by atoms with Gasteiger partial charge in [-0.15, -0.1) is 0 Å². The second-order valence-electron chi connectivity index (χ2n) is 5.43. The Kier molecular flexibility index (Phi) is 1.74. The lowest BCUT2D eigenvalue weighted by atomic mass is 9.69. The third kappa shape index (κ3) is 1.00. The van der Waals surface area contributed by atoms with Gasteiger partial charge in [-0.1, -0.05) is 24.3 Å². The first kappa shape index (κ1) is 10.1. The number of ketones is 2. The molecule has 90 valence electrons. The lowest BCUT2D eigenvalue weighted by Gasteiger charge is -2.31. The van der Waals surface area contributed by atoms with Gasteiger partial charge in [-0.2, -0.15) is 0 Å². The molecule has 0 spiro atoms. The number of aromatic hydroxyl groups is 1. The van der Waals surface area contributed by atoms with Gasteiger partial charge in [0.1, 0.15) is 5.75 Å². The highest BCUT2D eigenvalue weighted by Gasteiger charge is 2.55. The summed E-state index contributed by atoms with van der Waals surface area (Å²) in [5.41, 5.74) is 0.645. The molecule has 3 aliphatic carbocycles. The van der Waals surface area contributed by atoms with Crippen LogP contribution in [0.4, 0.5) is 0 Å². The molecule has 1 aromatic carbocycles.